The lowest BCUT2D eigenvalue weighted by molar-refractivity contribution is 0.473. The summed E-state index contributed by atoms with van der Waals surface area (Å²) < 4.78 is 6.13. The van der Waals surface area contributed by atoms with Crippen molar-refractivity contribution in [1.29, 1.82) is 0 Å². The number of pyridine rings is 3. The van der Waals surface area contributed by atoms with E-state index in [1.807, 2.05) is 37.3 Å². The Labute approximate surface area is 144 Å². The molecule has 4 aromatic rings. The summed E-state index contributed by atoms with van der Waals surface area (Å²) in [7, 11) is 0. The number of nitrogens with zero attached hydrogens (tertiary/aromatic N) is 3. The molecule has 0 atom stereocenters. The minimum Gasteiger partial charge on any atom is -0.508 e. The highest BCUT2D eigenvalue weighted by molar-refractivity contribution is 5.86. The lowest BCUT2D eigenvalue weighted by atomic mass is 10.2. The van der Waals surface area contributed by atoms with Crippen LogP contribution in [-0.4, -0.2) is 20.1 Å². The van der Waals surface area contributed by atoms with Crippen LogP contribution in [0.4, 0.5) is 0 Å². The molecule has 3 heterocycles. The van der Waals surface area contributed by atoms with E-state index < -0.39 is 0 Å². The summed E-state index contributed by atoms with van der Waals surface area (Å²) in [6, 6.07) is 16.2. The Morgan fingerprint density at radius 1 is 0.880 bits per heavy atom. The van der Waals surface area contributed by atoms with Gasteiger partial charge >= 0.3 is 0 Å². The third kappa shape index (κ3) is 2.99. The molecule has 0 amide bonds. The van der Waals surface area contributed by atoms with Gasteiger partial charge in [0.1, 0.15) is 17.2 Å². The minimum atomic E-state index is 0.164. The smallest absolute Gasteiger partial charge is 0.155 e. The Bertz CT molecular complexity index is 1050. The van der Waals surface area contributed by atoms with Gasteiger partial charge in [-0.05, 0) is 55.5 Å². The summed E-state index contributed by atoms with van der Waals surface area (Å²) in [6.45, 7) is 1.93. The molecule has 5 heteroatoms. The van der Waals surface area contributed by atoms with E-state index in [4.69, 9.17) is 4.74 Å². The largest absolute Gasteiger partial charge is 0.508 e. The predicted molar refractivity (Wildman–Crippen MR) is 95.7 cm³/mol. The molecule has 0 unspecified atom stereocenters. The maximum absolute atomic E-state index is 9.78. The van der Waals surface area contributed by atoms with Gasteiger partial charge in [0.15, 0.2) is 5.75 Å². The van der Waals surface area contributed by atoms with Gasteiger partial charge in [0, 0.05) is 23.5 Å². The van der Waals surface area contributed by atoms with Crippen LogP contribution >= 0.6 is 0 Å². The highest BCUT2D eigenvalue weighted by atomic mass is 16.5. The van der Waals surface area contributed by atoms with Gasteiger partial charge in [0.05, 0.1) is 11.2 Å². The zero-order chi connectivity index (χ0) is 17.2. The number of fused-ring (bicyclic) bond motifs is 1. The van der Waals surface area contributed by atoms with Crippen molar-refractivity contribution in [2.24, 2.45) is 0 Å². The number of ether oxygens (including phenoxy) is 1. The van der Waals surface area contributed by atoms with Crippen molar-refractivity contribution in [3.05, 3.63) is 72.7 Å². The molecular formula is C20H15N3O2. The quantitative estimate of drug-likeness (QED) is 0.599. The van der Waals surface area contributed by atoms with E-state index in [1.54, 1.807) is 36.7 Å². The number of rotatable bonds is 3. The van der Waals surface area contributed by atoms with Crippen LogP contribution in [0.1, 0.15) is 5.69 Å². The first-order chi connectivity index (χ1) is 12.2. The fourth-order valence-electron chi connectivity index (χ4n) is 2.63. The zero-order valence-electron chi connectivity index (χ0n) is 13.5. The fourth-order valence-corrected chi connectivity index (χ4v) is 2.63. The second kappa shape index (κ2) is 6.20. The van der Waals surface area contributed by atoms with Gasteiger partial charge in [0.2, 0.25) is 0 Å². The van der Waals surface area contributed by atoms with E-state index in [9.17, 15) is 5.11 Å². The van der Waals surface area contributed by atoms with Crippen LogP contribution in [0.3, 0.4) is 0 Å². The van der Waals surface area contributed by atoms with Gasteiger partial charge in [-0.2, -0.15) is 0 Å². The van der Waals surface area contributed by atoms with E-state index in [2.05, 4.69) is 15.0 Å². The maximum Gasteiger partial charge on any atom is 0.155 e. The fraction of sp³-hybridized carbons (Fsp3) is 0.0500. The van der Waals surface area contributed by atoms with Crippen LogP contribution in [0, 0.1) is 6.92 Å². The van der Waals surface area contributed by atoms with Crippen molar-refractivity contribution >= 4 is 10.9 Å². The number of phenols is 1. The van der Waals surface area contributed by atoms with Crippen molar-refractivity contribution in [3.8, 4) is 28.6 Å². The molecule has 0 aliphatic rings. The summed E-state index contributed by atoms with van der Waals surface area (Å²) in [5, 5.41) is 10.5. The molecule has 0 saturated heterocycles. The number of benzene rings is 1. The van der Waals surface area contributed by atoms with Crippen molar-refractivity contribution in [3.63, 3.8) is 0 Å². The van der Waals surface area contributed by atoms with Crippen LogP contribution in [0.5, 0.6) is 17.2 Å². The van der Waals surface area contributed by atoms with Crippen molar-refractivity contribution in [2.45, 2.75) is 6.92 Å². The molecule has 3 aromatic heterocycles. The van der Waals surface area contributed by atoms with Crippen molar-refractivity contribution in [2.75, 3.05) is 0 Å². The Morgan fingerprint density at radius 3 is 2.64 bits per heavy atom. The number of aromatic hydroxyl groups is 1. The van der Waals surface area contributed by atoms with Gasteiger partial charge < -0.3 is 9.84 Å². The topological polar surface area (TPSA) is 68.1 Å². The molecule has 5 nitrogen and oxygen atoms in total. The number of hydrogen-bond donors (Lipinski definition) is 1. The molecule has 0 bridgehead atoms. The van der Waals surface area contributed by atoms with Gasteiger partial charge in [-0.15, -0.1) is 0 Å². The van der Waals surface area contributed by atoms with Crippen LogP contribution in [0.25, 0.3) is 22.3 Å². The molecular weight excluding hydrogens is 314 g/mol. The van der Waals surface area contributed by atoms with Crippen LogP contribution < -0.4 is 4.74 Å². The van der Waals surface area contributed by atoms with Gasteiger partial charge in [-0.25, -0.2) is 4.98 Å². The number of phenolic OH excluding ortho intramolecular Hbond substituents is 1. The second-order valence-electron chi connectivity index (χ2n) is 5.63. The molecule has 122 valence electrons. The normalized spacial score (nSPS) is 10.8. The van der Waals surface area contributed by atoms with Gasteiger partial charge in [0.25, 0.3) is 0 Å². The minimum absolute atomic E-state index is 0.164. The van der Waals surface area contributed by atoms with Crippen LogP contribution in [0.2, 0.25) is 0 Å². The summed E-state index contributed by atoms with van der Waals surface area (Å²) in [6.07, 6.45) is 3.40. The predicted octanol–water partition coefficient (Wildman–Crippen LogP) is 4.50. The number of hydrogen-bond acceptors (Lipinski definition) is 5. The monoisotopic (exact) mass is 329 g/mol. The van der Waals surface area contributed by atoms with E-state index in [0.29, 0.717) is 17.2 Å². The summed E-state index contributed by atoms with van der Waals surface area (Å²) in [5.74, 6) is 1.36. The molecule has 0 radical (unpaired) electrons. The lowest BCUT2D eigenvalue weighted by Gasteiger charge is -2.12. The van der Waals surface area contributed by atoms with E-state index in [-0.39, 0.29) is 5.75 Å². The highest BCUT2D eigenvalue weighted by Gasteiger charge is 2.13. The molecule has 0 fully saturated rings. The first-order valence-electron chi connectivity index (χ1n) is 7.85. The van der Waals surface area contributed by atoms with Crippen LogP contribution in [-0.2, 0) is 0 Å². The highest BCUT2D eigenvalue weighted by Crippen LogP contribution is 2.35. The maximum atomic E-state index is 9.78. The molecule has 0 saturated carbocycles. The molecule has 0 aliphatic carbocycles. The van der Waals surface area contributed by atoms with Crippen molar-refractivity contribution in [1.82, 2.24) is 15.0 Å². The first-order valence-corrected chi connectivity index (χ1v) is 7.85. The molecule has 1 aromatic carbocycles. The molecule has 0 aliphatic heterocycles. The third-order valence-electron chi connectivity index (χ3n) is 3.81. The molecule has 0 spiro atoms. The van der Waals surface area contributed by atoms with Crippen LogP contribution in [0.15, 0.2) is 67.0 Å². The third-order valence-corrected chi connectivity index (χ3v) is 3.81. The second-order valence-corrected chi connectivity index (χ2v) is 5.63. The summed E-state index contributed by atoms with van der Waals surface area (Å²) in [5.41, 5.74) is 3.04. The summed E-state index contributed by atoms with van der Waals surface area (Å²) >= 11 is 0. The van der Waals surface area contributed by atoms with Gasteiger partial charge in [-0.1, -0.05) is 6.07 Å². The molecule has 4 rings (SSSR count). The summed E-state index contributed by atoms with van der Waals surface area (Å²) in [4.78, 5) is 13.3. The Hall–Kier alpha value is -3.47. The SMILES string of the molecule is Cc1ccc(Oc2ccnc3ccc(O)cc23)c(-c2ccccn2)n1. The average Bonchev–Trinajstić information content (AvgIpc) is 2.64. The van der Waals surface area contributed by atoms with E-state index in [0.717, 1.165) is 22.3 Å². The average molecular weight is 329 g/mol. The number of aryl methyl sites for hydroxylation is 1. The van der Waals surface area contributed by atoms with E-state index >= 15 is 0 Å². The Kier molecular flexibility index (Phi) is 3.74. The standard InChI is InChI=1S/C20H15N3O2/c1-13-5-8-19(20(23-13)17-4-2-3-10-21-17)25-18-9-11-22-16-7-6-14(24)12-15(16)18/h2-12,24H,1H3. The van der Waals surface area contributed by atoms with Gasteiger partial charge in [-0.3, -0.25) is 9.97 Å². The van der Waals surface area contributed by atoms with E-state index in [1.165, 1.54) is 0 Å². The Balaban J connectivity index is 1.84. The zero-order valence-corrected chi connectivity index (χ0v) is 13.5. The lowest BCUT2D eigenvalue weighted by Crippen LogP contribution is -1.95. The molecule has 25 heavy (non-hydrogen) atoms. The Morgan fingerprint density at radius 2 is 1.80 bits per heavy atom. The molecule has 1 N–H and O–H groups in total. The number of aromatic nitrogens is 3. The first kappa shape index (κ1) is 15.1. The van der Waals surface area contributed by atoms with Crippen molar-refractivity contribution < 1.29 is 9.84 Å².